The minimum atomic E-state index is -0.587. The Morgan fingerprint density at radius 2 is 1.81 bits per heavy atom. The van der Waals surface area contributed by atoms with Crippen molar-refractivity contribution in [2.75, 3.05) is 26.7 Å². The van der Waals surface area contributed by atoms with Gasteiger partial charge >= 0.3 is 0 Å². The van der Waals surface area contributed by atoms with Crippen LogP contribution in [-0.2, 0) is 9.59 Å². The number of rotatable bonds is 8. The highest BCUT2D eigenvalue weighted by Crippen LogP contribution is 2.24. The normalized spacial score (nSPS) is 16.5. The molecule has 0 saturated carbocycles. The van der Waals surface area contributed by atoms with Gasteiger partial charge in [-0.05, 0) is 50.3 Å². The van der Waals surface area contributed by atoms with Crippen molar-refractivity contribution < 1.29 is 9.59 Å². The summed E-state index contributed by atoms with van der Waals surface area (Å²) in [6.07, 6.45) is 3.66. The molecule has 5 heteroatoms. The van der Waals surface area contributed by atoms with Crippen molar-refractivity contribution in [1.82, 2.24) is 15.5 Å². The predicted molar refractivity (Wildman–Crippen MR) is 105 cm³/mol. The highest BCUT2D eigenvalue weighted by atomic mass is 16.2. The smallest absolute Gasteiger partial charge is 0.249 e. The van der Waals surface area contributed by atoms with Gasteiger partial charge in [0.2, 0.25) is 11.8 Å². The Hall–Kier alpha value is -1.88. The minimum absolute atomic E-state index is 0.0142. The fraction of sp³-hybridized carbons (Fsp3) is 0.619. The lowest BCUT2D eigenvalue weighted by molar-refractivity contribution is -0.138. The molecule has 26 heavy (non-hydrogen) atoms. The van der Waals surface area contributed by atoms with Crippen LogP contribution < -0.4 is 10.6 Å². The molecule has 0 aliphatic carbocycles. The lowest BCUT2D eigenvalue weighted by Gasteiger charge is -2.34. The quantitative estimate of drug-likeness (QED) is 0.750. The average molecular weight is 360 g/mol. The predicted octanol–water partition coefficient (Wildman–Crippen LogP) is 2.74. The van der Waals surface area contributed by atoms with E-state index < -0.39 is 6.04 Å². The molecule has 1 fully saturated rings. The van der Waals surface area contributed by atoms with Gasteiger partial charge in [-0.3, -0.25) is 9.59 Å². The molecule has 144 valence electrons. The van der Waals surface area contributed by atoms with E-state index in [-0.39, 0.29) is 17.7 Å². The molecule has 1 aromatic carbocycles. The van der Waals surface area contributed by atoms with E-state index in [1.54, 1.807) is 0 Å². The highest BCUT2D eigenvalue weighted by molar-refractivity contribution is 5.88. The van der Waals surface area contributed by atoms with Gasteiger partial charge in [0.15, 0.2) is 0 Å². The number of hydrogen-bond acceptors (Lipinski definition) is 3. The molecule has 1 saturated heterocycles. The number of benzene rings is 1. The summed E-state index contributed by atoms with van der Waals surface area (Å²) in [5.41, 5.74) is 0.854. The Kier molecular flexibility index (Phi) is 8.10. The monoisotopic (exact) mass is 359 g/mol. The number of carbonyl (C=O) groups is 2. The summed E-state index contributed by atoms with van der Waals surface area (Å²) in [7, 11) is 1.98. The van der Waals surface area contributed by atoms with Gasteiger partial charge in [0, 0.05) is 19.5 Å². The molecule has 1 aromatic rings. The zero-order valence-electron chi connectivity index (χ0n) is 16.3. The minimum Gasteiger partial charge on any atom is -0.341 e. The van der Waals surface area contributed by atoms with Gasteiger partial charge in [0.1, 0.15) is 6.04 Å². The van der Waals surface area contributed by atoms with Crippen molar-refractivity contribution in [3.63, 3.8) is 0 Å². The number of likely N-dealkylation sites (tertiary alicyclic amines) is 1. The first-order valence-electron chi connectivity index (χ1n) is 9.79. The highest BCUT2D eigenvalue weighted by Gasteiger charge is 2.30. The van der Waals surface area contributed by atoms with Crippen LogP contribution in [-0.4, -0.2) is 43.4 Å². The lowest BCUT2D eigenvalue weighted by Crippen LogP contribution is -2.46. The Morgan fingerprint density at radius 3 is 2.38 bits per heavy atom. The van der Waals surface area contributed by atoms with Crippen molar-refractivity contribution in [2.45, 2.75) is 45.6 Å². The molecular formula is C21H33N3O2. The third-order valence-corrected chi connectivity index (χ3v) is 5.01. The van der Waals surface area contributed by atoms with Crippen molar-refractivity contribution in [2.24, 2.45) is 11.8 Å². The molecule has 0 spiro atoms. The summed E-state index contributed by atoms with van der Waals surface area (Å²) >= 11 is 0. The van der Waals surface area contributed by atoms with Gasteiger partial charge in [-0.2, -0.15) is 0 Å². The fourth-order valence-corrected chi connectivity index (χ4v) is 3.50. The Morgan fingerprint density at radius 1 is 1.15 bits per heavy atom. The van der Waals surface area contributed by atoms with Crippen molar-refractivity contribution in [3.05, 3.63) is 35.9 Å². The van der Waals surface area contributed by atoms with Crippen molar-refractivity contribution in [1.29, 1.82) is 0 Å². The summed E-state index contributed by atoms with van der Waals surface area (Å²) in [6, 6.07) is 8.99. The van der Waals surface area contributed by atoms with Crippen LogP contribution in [0.4, 0.5) is 0 Å². The van der Waals surface area contributed by atoms with Crippen molar-refractivity contribution >= 4 is 11.8 Å². The molecule has 1 heterocycles. The third-order valence-electron chi connectivity index (χ3n) is 5.01. The third kappa shape index (κ3) is 6.13. The first-order chi connectivity index (χ1) is 12.5. The summed E-state index contributed by atoms with van der Waals surface area (Å²) in [5.74, 6) is 0.896. The molecule has 1 aliphatic heterocycles. The number of carbonyl (C=O) groups excluding carboxylic acids is 2. The van der Waals surface area contributed by atoms with Crippen LogP contribution in [0.25, 0.3) is 0 Å². The standard InChI is InChI=1S/C21H33N3O2/c1-16(2)15-19(25)23-20(18-7-5-4-6-8-18)21(26)24-13-10-17(11-14-24)9-12-22-3/h4-8,16-17,20,22H,9-15H2,1-3H3,(H,23,25). The second-order valence-electron chi connectivity index (χ2n) is 7.67. The first-order valence-corrected chi connectivity index (χ1v) is 9.79. The Labute approximate surface area is 157 Å². The van der Waals surface area contributed by atoms with Crippen LogP contribution in [0.2, 0.25) is 0 Å². The largest absolute Gasteiger partial charge is 0.341 e. The average Bonchev–Trinajstić information content (AvgIpc) is 2.64. The Balaban J connectivity index is 2.03. The second-order valence-corrected chi connectivity index (χ2v) is 7.67. The van der Waals surface area contributed by atoms with Gasteiger partial charge in [0.05, 0.1) is 0 Å². The SMILES string of the molecule is CNCCC1CCN(C(=O)C(NC(=O)CC(C)C)c2ccccc2)CC1. The summed E-state index contributed by atoms with van der Waals surface area (Å²) in [6.45, 7) is 6.59. The van der Waals surface area contributed by atoms with Gasteiger partial charge in [0.25, 0.3) is 0 Å². The van der Waals surface area contributed by atoms with Crippen LogP contribution in [0.15, 0.2) is 30.3 Å². The maximum Gasteiger partial charge on any atom is 0.249 e. The number of hydrogen-bond donors (Lipinski definition) is 2. The summed E-state index contributed by atoms with van der Waals surface area (Å²) < 4.78 is 0. The summed E-state index contributed by atoms with van der Waals surface area (Å²) in [5, 5.41) is 6.16. The van der Waals surface area contributed by atoms with E-state index in [4.69, 9.17) is 0 Å². The molecule has 1 aliphatic rings. The fourth-order valence-electron chi connectivity index (χ4n) is 3.50. The van der Waals surface area contributed by atoms with Crippen LogP contribution >= 0.6 is 0 Å². The van der Waals surface area contributed by atoms with Gasteiger partial charge in [-0.15, -0.1) is 0 Å². The van der Waals surface area contributed by atoms with Gasteiger partial charge < -0.3 is 15.5 Å². The van der Waals surface area contributed by atoms with Gasteiger partial charge in [-0.1, -0.05) is 44.2 Å². The molecule has 0 radical (unpaired) electrons. The second kappa shape index (κ2) is 10.3. The molecule has 2 amide bonds. The van der Waals surface area contributed by atoms with E-state index >= 15 is 0 Å². The zero-order chi connectivity index (χ0) is 18.9. The molecule has 1 atom stereocenters. The molecule has 1 unspecified atom stereocenters. The molecule has 0 bridgehead atoms. The molecule has 2 N–H and O–H groups in total. The Bertz CT molecular complexity index is 566. The molecule has 5 nitrogen and oxygen atoms in total. The molecule has 2 rings (SSSR count). The van der Waals surface area contributed by atoms with Crippen LogP contribution in [0.1, 0.15) is 51.1 Å². The first kappa shape index (κ1) is 20.4. The van der Waals surface area contributed by atoms with E-state index in [9.17, 15) is 9.59 Å². The van der Waals surface area contributed by atoms with E-state index in [0.717, 1.165) is 44.5 Å². The number of amides is 2. The maximum absolute atomic E-state index is 13.1. The van der Waals surface area contributed by atoms with E-state index in [1.165, 1.54) is 0 Å². The number of piperidine rings is 1. The van der Waals surface area contributed by atoms with Crippen LogP contribution in [0.5, 0.6) is 0 Å². The lowest BCUT2D eigenvalue weighted by atomic mass is 9.92. The van der Waals surface area contributed by atoms with Crippen LogP contribution in [0, 0.1) is 11.8 Å². The zero-order valence-corrected chi connectivity index (χ0v) is 16.3. The van der Waals surface area contributed by atoms with E-state index in [1.807, 2.05) is 56.1 Å². The molecule has 0 aromatic heterocycles. The summed E-state index contributed by atoms with van der Waals surface area (Å²) in [4.78, 5) is 27.4. The van der Waals surface area contributed by atoms with E-state index in [0.29, 0.717) is 12.3 Å². The van der Waals surface area contributed by atoms with E-state index in [2.05, 4.69) is 10.6 Å². The topological polar surface area (TPSA) is 61.4 Å². The number of nitrogens with zero attached hydrogens (tertiary/aromatic N) is 1. The van der Waals surface area contributed by atoms with Crippen molar-refractivity contribution in [3.8, 4) is 0 Å². The molecular weight excluding hydrogens is 326 g/mol. The number of nitrogens with one attached hydrogen (secondary N) is 2. The maximum atomic E-state index is 13.1. The van der Waals surface area contributed by atoms with Crippen LogP contribution in [0.3, 0.4) is 0 Å². The van der Waals surface area contributed by atoms with Gasteiger partial charge in [-0.25, -0.2) is 0 Å².